The monoisotopic (exact) mass is 324 g/mol. The second kappa shape index (κ2) is 7.92. The molecule has 0 aromatic carbocycles. The summed E-state index contributed by atoms with van der Waals surface area (Å²) in [4.78, 5) is 0. The molecule has 18 heavy (non-hydrogen) atoms. The molecule has 1 heterocycles. The van der Waals surface area contributed by atoms with Crippen molar-refractivity contribution < 1.29 is 8.42 Å². The fraction of sp³-hybridized carbons (Fsp3) is 0.667. The molecule has 0 aromatic heterocycles. The van der Waals surface area contributed by atoms with Crippen molar-refractivity contribution in [3.05, 3.63) is 24.1 Å². The van der Waals surface area contributed by atoms with Crippen LogP contribution in [0.1, 0.15) is 20.8 Å². The van der Waals surface area contributed by atoms with E-state index in [2.05, 4.69) is 20.4 Å². The van der Waals surface area contributed by atoms with Gasteiger partial charge < -0.3 is 0 Å². The Hall–Kier alpha value is 0.480. The quantitative estimate of drug-likeness (QED) is 0.425. The summed E-state index contributed by atoms with van der Waals surface area (Å²) in [6, 6.07) is 0. The lowest BCUT2D eigenvalue weighted by atomic mass is 10.0. The van der Waals surface area contributed by atoms with Crippen LogP contribution in [0, 0.1) is 11.8 Å². The van der Waals surface area contributed by atoms with Gasteiger partial charge in [0.05, 0.1) is 26.2 Å². The molecule has 1 fully saturated rings. The first-order valence-electron chi connectivity index (χ1n) is 5.85. The average Bonchev–Trinajstić information content (AvgIpc) is 2.53. The number of allylic oxidation sites excluding steroid dienone is 1. The molecule has 2 unspecified atom stereocenters. The molecule has 0 aliphatic carbocycles. The largest absolute Gasteiger partial charge is 0.257 e. The highest BCUT2D eigenvalue weighted by atomic mass is 33.1. The summed E-state index contributed by atoms with van der Waals surface area (Å²) in [5.74, 6) is 1.40. The molecule has 2 nitrogen and oxygen atoms in total. The van der Waals surface area contributed by atoms with Gasteiger partial charge in [-0.3, -0.25) is 8.42 Å². The van der Waals surface area contributed by atoms with Gasteiger partial charge in [-0.25, -0.2) is 0 Å². The molecule has 0 N–H and O–H groups in total. The molecule has 0 aromatic rings. The summed E-state index contributed by atoms with van der Waals surface area (Å²) in [6.07, 6.45) is 3.62. The van der Waals surface area contributed by atoms with Crippen LogP contribution in [0.3, 0.4) is 0 Å². The Balaban J connectivity index is 2.76. The zero-order valence-corrected chi connectivity index (χ0v) is 14.2. The Kier molecular flexibility index (Phi) is 7.28. The van der Waals surface area contributed by atoms with Crippen molar-refractivity contribution in [2.24, 2.45) is 11.8 Å². The normalized spacial score (nSPS) is 38.1. The first-order chi connectivity index (χ1) is 8.54. The van der Waals surface area contributed by atoms with Gasteiger partial charge in [0.1, 0.15) is 4.58 Å². The zero-order chi connectivity index (χ0) is 13.7. The van der Waals surface area contributed by atoms with Gasteiger partial charge in [0, 0.05) is 5.75 Å². The van der Waals surface area contributed by atoms with E-state index in [1.54, 1.807) is 33.1 Å². The van der Waals surface area contributed by atoms with Gasteiger partial charge in [-0.05, 0) is 24.2 Å². The molecule has 1 rings (SSSR count). The molecule has 6 heteroatoms. The van der Waals surface area contributed by atoms with Gasteiger partial charge in [0.25, 0.3) is 0 Å². The van der Waals surface area contributed by atoms with Gasteiger partial charge >= 0.3 is 0 Å². The summed E-state index contributed by atoms with van der Waals surface area (Å²) in [5, 5.41) is 1.66. The van der Waals surface area contributed by atoms with Crippen molar-refractivity contribution in [3.63, 3.8) is 0 Å². The topological polar surface area (TPSA) is 34.1 Å². The minimum atomic E-state index is -1.13. The Labute approximate surface area is 123 Å². The molecule has 0 radical (unpaired) electrons. The third kappa shape index (κ3) is 3.74. The van der Waals surface area contributed by atoms with Crippen molar-refractivity contribution in [2.75, 3.05) is 5.75 Å². The van der Waals surface area contributed by atoms with E-state index in [1.807, 2.05) is 13.0 Å². The molecule has 0 bridgehead atoms. The van der Waals surface area contributed by atoms with Gasteiger partial charge in [0.15, 0.2) is 0 Å². The number of hydrogen-bond donors (Lipinski definition) is 0. The van der Waals surface area contributed by atoms with E-state index in [1.165, 1.54) is 0 Å². The van der Waals surface area contributed by atoms with Crippen molar-refractivity contribution in [1.29, 1.82) is 0 Å². The van der Waals surface area contributed by atoms with Crippen LogP contribution < -0.4 is 0 Å². The van der Waals surface area contributed by atoms with Crippen LogP contribution in [0.5, 0.6) is 0 Å². The maximum atomic E-state index is 12.5. The van der Waals surface area contributed by atoms with E-state index in [9.17, 15) is 8.42 Å². The van der Waals surface area contributed by atoms with Gasteiger partial charge in [-0.1, -0.05) is 47.6 Å². The van der Waals surface area contributed by atoms with E-state index in [-0.39, 0.29) is 15.1 Å². The second-order valence-corrected chi connectivity index (χ2v) is 10.5. The summed E-state index contributed by atoms with van der Waals surface area (Å²) in [7, 11) is 1.17. The van der Waals surface area contributed by atoms with E-state index in [0.717, 1.165) is 5.75 Å². The van der Waals surface area contributed by atoms with E-state index < -0.39 is 21.6 Å². The van der Waals surface area contributed by atoms with Gasteiger partial charge in [0.2, 0.25) is 0 Å². The van der Waals surface area contributed by atoms with Crippen molar-refractivity contribution in [3.8, 4) is 0 Å². The van der Waals surface area contributed by atoms with Crippen LogP contribution in [0.15, 0.2) is 24.1 Å². The van der Waals surface area contributed by atoms with Crippen LogP contribution in [-0.2, 0) is 21.6 Å². The Morgan fingerprint density at radius 2 is 2.06 bits per heavy atom. The third-order valence-corrected chi connectivity index (χ3v) is 11.1. The van der Waals surface area contributed by atoms with Crippen molar-refractivity contribution in [1.82, 2.24) is 0 Å². The SMILES string of the molecule is C=CCSS[C@H]1[C@@H](C)[C@H](C)[C@@H](S(=O)/C=C/C)S1=O. The highest BCUT2D eigenvalue weighted by Gasteiger charge is 2.47. The first kappa shape index (κ1) is 16.5. The number of hydrogen-bond acceptors (Lipinski definition) is 4. The standard InChI is InChI=1S/C12H20O2S4/c1-5-7-15-16-11-9(3)10(4)12(18(11)14)17(13)8-6-2/h5-6,8-12H,1,7H2,2-4H3/b8-6+/t9-,10-,11+,12-,17?,18?/m0/s1. The highest BCUT2D eigenvalue weighted by molar-refractivity contribution is 8.78. The summed E-state index contributed by atoms with van der Waals surface area (Å²) < 4.78 is 24.4. The molecular weight excluding hydrogens is 304 g/mol. The molecule has 0 spiro atoms. The third-order valence-electron chi connectivity index (χ3n) is 2.99. The Morgan fingerprint density at radius 3 is 2.61 bits per heavy atom. The molecule has 0 amide bonds. The fourth-order valence-corrected chi connectivity index (χ4v) is 10.1. The smallest absolute Gasteiger partial charge is 0.118 e. The van der Waals surface area contributed by atoms with Gasteiger partial charge in [-0.15, -0.1) is 6.58 Å². The summed E-state index contributed by atoms with van der Waals surface area (Å²) >= 11 is 0. The van der Waals surface area contributed by atoms with E-state index in [0.29, 0.717) is 5.92 Å². The Morgan fingerprint density at radius 1 is 1.39 bits per heavy atom. The molecule has 104 valence electrons. The van der Waals surface area contributed by atoms with E-state index in [4.69, 9.17) is 0 Å². The van der Waals surface area contributed by atoms with Crippen LogP contribution in [0.4, 0.5) is 0 Å². The fourth-order valence-electron chi connectivity index (χ4n) is 1.85. The van der Waals surface area contributed by atoms with Crippen LogP contribution >= 0.6 is 21.6 Å². The minimum Gasteiger partial charge on any atom is -0.257 e. The maximum absolute atomic E-state index is 12.5. The minimum absolute atomic E-state index is 0.0733. The Bertz CT molecular complexity index is 367. The lowest BCUT2D eigenvalue weighted by Gasteiger charge is -2.15. The molecular formula is C12H20O2S4. The molecule has 6 atom stereocenters. The van der Waals surface area contributed by atoms with Crippen LogP contribution in [-0.4, -0.2) is 23.3 Å². The van der Waals surface area contributed by atoms with Crippen LogP contribution in [0.25, 0.3) is 0 Å². The predicted octanol–water partition coefficient (Wildman–Crippen LogP) is 3.52. The maximum Gasteiger partial charge on any atom is 0.118 e. The summed E-state index contributed by atoms with van der Waals surface area (Å²) in [5.41, 5.74) is 0. The molecule has 1 aliphatic heterocycles. The van der Waals surface area contributed by atoms with Crippen molar-refractivity contribution in [2.45, 2.75) is 29.9 Å². The molecule has 1 saturated heterocycles. The lowest BCUT2D eigenvalue weighted by Crippen LogP contribution is -2.22. The molecule has 0 saturated carbocycles. The highest BCUT2D eigenvalue weighted by Crippen LogP contribution is 2.45. The van der Waals surface area contributed by atoms with Crippen LogP contribution in [0.2, 0.25) is 0 Å². The van der Waals surface area contributed by atoms with Crippen molar-refractivity contribution >= 4 is 43.2 Å². The van der Waals surface area contributed by atoms with E-state index >= 15 is 0 Å². The zero-order valence-electron chi connectivity index (χ0n) is 10.9. The lowest BCUT2D eigenvalue weighted by molar-refractivity contribution is 0.466. The van der Waals surface area contributed by atoms with Gasteiger partial charge in [-0.2, -0.15) is 0 Å². The predicted molar refractivity (Wildman–Crippen MR) is 87.2 cm³/mol. The first-order valence-corrected chi connectivity index (χ1v) is 10.8. The summed E-state index contributed by atoms with van der Waals surface area (Å²) in [6.45, 7) is 9.70. The average molecular weight is 325 g/mol. The second-order valence-electron chi connectivity index (χ2n) is 4.25. The molecule has 1 aliphatic rings. The number of rotatable bonds is 6.